The quantitative estimate of drug-likeness (QED) is 0.733. The van der Waals surface area contributed by atoms with Gasteiger partial charge in [0.2, 0.25) is 0 Å². The molecule has 5 heteroatoms. The molecule has 0 bridgehead atoms. The lowest BCUT2D eigenvalue weighted by atomic mass is 10.2. The lowest BCUT2D eigenvalue weighted by molar-refractivity contribution is -0.145. The first kappa shape index (κ1) is 15.7. The summed E-state index contributed by atoms with van der Waals surface area (Å²) in [5, 5.41) is 0.965. The van der Waals surface area contributed by atoms with Crippen molar-refractivity contribution in [1.82, 2.24) is 0 Å². The Morgan fingerprint density at radius 3 is 2.29 bits per heavy atom. The molecule has 110 valence electrons. The van der Waals surface area contributed by atoms with E-state index >= 15 is 0 Å². The molecule has 0 aliphatic carbocycles. The molecule has 3 nitrogen and oxygen atoms in total. The number of halogens is 2. The zero-order chi connectivity index (χ0) is 15.1. The lowest BCUT2D eigenvalue weighted by Crippen LogP contribution is -2.10. The van der Waals surface area contributed by atoms with Crippen LogP contribution in [0.15, 0.2) is 48.5 Å². The number of hydrogen-bond acceptors (Lipinski definition) is 3. The number of rotatable bonds is 6. The lowest BCUT2D eigenvalue weighted by Gasteiger charge is -2.09. The molecular formula is C16H14Cl2O3. The molecule has 0 N–H and O–H groups in total. The third-order valence-electron chi connectivity index (χ3n) is 2.76. The van der Waals surface area contributed by atoms with Crippen LogP contribution in [0.4, 0.5) is 0 Å². The van der Waals surface area contributed by atoms with Gasteiger partial charge in [-0.25, -0.2) is 0 Å². The van der Waals surface area contributed by atoms with Crippen LogP contribution < -0.4 is 4.74 Å². The topological polar surface area (TPSA) is 35.5 Å². The molecule has 0 saturated heterocycles. The number of benzene rings is 2. The molecular weight excluding hydrogens is 311 g/mol. The number of ether oxygens (including phenoxy) is 2. The van der Waals surface area contributed by atoms with Gasteiger partial charge in [-0.2, -0.15) is 0 Å². The Bertz CT molecular complexity index is 579. The van der Waals surface area contributed by atoms with Crippen molar-refractivity contribution >= 4 is 29.2 Å². The van der Waals surface area contributed by atoms with Gasteiger partial charge in [-0.05, 0) is 24.3 Å². The fourth-order valence-electron chi connectivity index (χ4n) is 1.66. The third-order valence-corrected chi connectivity index (χ3v) is 3.47. The van der Waals surface area contributed by atoms with Crippen molar-refractivity contribution in [2.24, 2.45) is 0 Å². The maximum atomic E-state index is 11.6. The van der Waals surface area contributed by atoms with E-state index in [0.29, 0.717) is 15.6 Å². The zero-order valence-electron chi connectivity index (χ0n) is 11.2. The van der Waals surface area contributed by atoms with E-state index in [0.717, 1.165) is 5.75 Å². The van der Waals surface area contributed by atoms with Crippen molar-refractivity contribution < 1.29 is 14.3 Å². The average Bonchev–Trinajstić information content (AvgIpc) is 2.48. The van der Waals surface area contributed by atoms with Crippen LogP contribution in [-0.2, 0) is 16.1 Å². The first-order chi connectivity index (χ1) is 10.2. The van der Waals surface area contributed by atoms with Crippen molar-refractivity contribution in [1.29, 1.82) is 0 Å². The molecule has 0 unspecified atom stereocenters. The largest absolute Gasteiger partial charge is 0.493 e. The summed E-state index contributed by atoms with van der Waals surface area (Å²) in [6.07, 6.45) is 0.164. The summed E-state index contributed by atoms with van der Waals surface area (Å²) in [6.45, 7) is 0.321. The molecule has 0 spiro atoms. The van der Waals surface area contributed by atoms with Gasteiger partial charge >= 0.3 is 5.97 Å². The predicted octanol–water partition coefficient (Wildman–Crippen LogP) is 4.51. The second kappa shape index (κ2) is 7.91. The van der Waals surface area contributed by atoms with E-state index in [1.807, 2.05) is 30.3 Å². The van der Waals surface area contributed by atoms with Gasteiger partial charge in [0.1, 0.15) is 12.4 Å². The second-order valence-electron chi connectivity index (χ2n) is 4.27. The molecule has 0 aromatic heterocycles. The molecule has 0 amide bonds. The molecule has 0 saturated carbocycles. The highest BCUT2D eigenvalue weighted by Crippen LogP contribution is 2.24. The Hall–Kier alpha value is -1.71. The van der Waals surface area contributed by atoms with E-state index < -0.39 is 0 Å². The van der Waals surface area contributed by atoms with Crippen molar-refractivity contribution in [2.75, 3.05) is 6.61 Å². The van der Waals surface area contributed by atoms with E-state index in [2.05, 4.69) is 0 Å². The maximum absolute atomic E-state index is 11.6. The van der Waals surface area contributed by atoms with Crippen LogP contribution >= 0.6 is 23.2 Å². The summed E-state index contributed by atoms with van der Waals surface area (Å²) in [5.74, 6) is 0.362. The summed E-state index contributed by atoms with van der Waals surface area (Å²) in [4.78, 5) is 11.6. The van der Waals surface area contributed by atoms with Crippen molar-refractivity contribution in [3.63, 3.8) is 0 Å². The number of para-hydroxylation sites is 1. The monoisotopic (exact) mass is 324 g/mol. The number of hydrogen-bond donors (Lipinski definition) is 0. The van der Waals surface area contributed by atoms with E-state index in [1.54, 1.807) is 18.2 Å². The van der Waals surface area contributed by atoms with Crippen molar-refractivity contribution in [2.45, 2.75) is 13.0 Å². The minimum atomic E-state index is -0.359. The minimum absolute atomic E-state index is 0.0582. The predicted molar refractivity (Wildman–Crippen MR) is 82.8 cm³/mol. The van der Waals surface area contributed by atoms with Crippen molar-refractivity contribution in [3.05, 3.63) is 64.1 Å². The Balaban J connectivity index is 1.75. The molecule has 0 heterocycles. The SMILES string of the molecule is O=C(CCOc1ccccc1)OCc1c(Cl)cccc1Cl. The summed E-state index contributed by atoms with van der Waals surface area (Å²) in [5.41, 5.74) is 0.609. The molecule has 2 aromatic rings. The van der Waals surface area contributed by atoms with Crippen LogP contribution in [0.5, 0.6) is 5.75 Å². The summed E-state index contributed by atoms with van der Waals surface area (Å²) in [7, 11) is 0. The van der Waals surface area contributed by atoms with E-state index in [4.69, 9.17) is 32.7 Å². The smallest absolute Gasteiger partial charge is 0.309 e. The first-order valence-electron chi connectivity index (χ1n) is 6.43. The number of esters is 1. The van der Waals surface area contributed by atoms with Crippen LogP contribution in [0.25, 0.3) is 0 Å². The van der Waals surface area contributed by atoms with Gasteiger partial charge in [-0.3, -0.25) is 4.79 Å². The molecule has 0 fully saturated rings. The molecule has 2 aromatic carbocycles. The molecule has 21 heavy (non-hydrogen) atoms. The first-order valence-corrected chi connectivity index (χ1v) is 7.19. The standard InChI is InChI=1S/C16H14Cl2O3/c17-14-7-4-8-15(18)13(14)11-21-16(19)9-10-20-12-5-2-1-3-6-12/h1-8H,9-11H2. The van der Waals surface area contributed by atoms with Crippen molar-refractivity contribution in [3.8, 4) is 5.75 Å². The number of carbonyl (C=O) groups is 1. The highest BCUT2D eigenvalue weighted by atomic mass is 35.5. The Morgan fingerprint density at radius 2 is 1.62 bits per heavy atom. The van der Waals surface area contributed by atoms with Gasteiger partial charge in [0.05, 0.1) is 13.0 Å². The fourth-order valence-corrected chi connectivity index (χ4v) is 2.17. The molecule has 0 radical (unpaired) electrons. The molecule has 2 rings (SSSR count). The van der Waals surface area contributed by atoms with Gasteiger partial charge in [-0.1, -0.05) is 47.5 Å². The van der Waals surface area contributed by atoms with Crippen LogP contribution in [0.1, 0.15) is 12.0 Å². The Labute approximate surface area is 133 Å². The second-order valence-corrected chi connectivity index (χ2v) is 5.09. The fraction of sp³-hybridized carbons (Fsp3) is 0.188. The van der Waals surface area contributed by atoms with Crippen LogP contribution in [0, 0.1) is 0 Å². The van der Waals surface area contributed by atoms with E-state index in [1.165, 1.54) is 0 Å². The zero-order valence-corrected chi connectivity index (χ0v) is 12.7. The van der Waals surface area contributed by atoms with Crippen LogP contribution in [0.3, 0.4) is 0 Å². The van der Waals surface area contributed by atoms with Gasteiger partial charge in [-0.15, -0.1) is 0 Å². The van der Waals surface area contributed by atoms with E-state index in [-0.39, 0.29) is 25.6 Å². The Kier molecular flexibility index (Phi) is 5.90. The van der Waals surface area contributed by atoms with Crippen LogP contribution in [-0.4, -0.2) is 12.6 Å². The van der Waals surface area contributed by atoms with Gasteiger partial charge < -0.3 is 9.47 Å². The minimum Gasteiger partial charge on any atom is -0.493 e. The average molecular weight is 325 g/mol. The maximum Gasteiger partial charge on any atom is 0.309 e. The third kappa shape index (κ3) is 4.96. The van der Waals surface area contributed by atoms with Crippen LogP contribution in [0.2, 0.25) is 10.0 Å². The normalized spacial score (nSPS) is 10.2. The van der Waals surface area contributed by atoms with Gasteiger partial charge in [0.15, 0.2) is 0 Å². The molecule has 0 aliphatic rings. The van der Waals surface area contributed by atoms with Gasteiger partial charge in [0.25, 0.3) is 0 Å². The molecule has 0 aliphatic heterocycles. The highest BCUT2D eigenvalue weighted by Gasteiger charge is 2.09. The molecule has 0 atom stereocenters. The van der Waals surface area contributed by atoms with E-state index in [9.17, 15) is 4.79 Å². The number of carbonyl (C=O) groups excluding carboxylic acids is 1. The highest BCUT2D eigenvalue weighted by molar-refractivity contribution is 6.35. The summed E-state index contributed by atoms with van der Waals surface area (Å²) >= 11 is 12.0. The summed E-state index contributed by atoms with van der Waals surface area (Å²) < 4.78 is 10.6. The Morgan fingerprint density at radius 1 is 0.952 bits per heavy atom. The van der Waals surface area contributed by atoms with Gasteiger partial charge in [0, 0.05) is 15.6 Å². The summed E-state index contributed by atoms with van der Waals surface area (Å²) in [6, 6.07) is 14.4.